The van der Waals surface area contributed by atoms with Gasteiger partial charge in [0, 0.05) is 16.2 Å². The average molecular weight is 336 g/mol. The lowest BCUT2D eigenvalue weighted by Gasteiger charge is -2.28. The lowest BCUT2D eigenvalue weighted by Crippen LogP contribution is -2.30. The molecule has 0 radical (unpaired) electrons. The van der Waals surface area contributed by atoms with Crippen molar-refractivity contribution in [2.24, 2.45) is 5.92 Å². The van der Waals surface area contributed by atoms with Gasteiger partial charge in [-0.05, 0) is 40.5 Å². The van der Waals surface area contributed by atoms with E-state index in [0.29, 0.717) is 5.82 Å². The highest BCUT2D eigenvalue weighted by atomic mass is 35.7. The van der Waals surface area contributed by atoms with Gasteiger partial charge in [-0.2, -0.15) is 0 Å². The summed E-state index contributed by atoms with van der Waals surface area (Å²) >= 11 is 0. The molecule has 1 aromatic heterocycles. The molecular weight excluding hydrogens is 314 g/mol. The SMILES string of the molecule is CC1OC(C)C(c2nnc(S(=O)(=O)Cl)n2C(C)(C)C)C1C. The van der Waals surface area contributed by atoms with E-state index in [4.69, 9.17) is 15.4 Å². The Balaban J connectivity index is 2.64. The zero-order valence-corrected chi connectivity index (χ0v) is 14.7. The van der Waals surface area contributed by atoms with E-state index in [0.717, 1.165) is 0 Å². The molecule has 4 atom stereocenters. The van der Waals surface area contributed by atoms with E-state index < -0.39 is 14.6 Å². The minimum Gasteiger partial charge on any atom is -0.374 e. The van der Waals surface area contributed by atoms with Gasteiger partial charge in [0.2, 0.25) is 0 Å². The highest BCUT2D eigenvalue weighted by molar-refractivity contribution is 8.13. The highest BCUT2D eigenvalue weighted by Crippen LogP contribution is 2.41. The first-order valence-corrected chi connectivity index (χ1v) is 9.31. The van der Waals surface area contributed by atoms with E-state index in [-0.39, 0.29) is 29.2 Å². The second-order valence-corrected chi connectivity index (χ2v) is 9.18. The van der Waals surface area contributed by atoms with Gasteiger partial charge in [0.05, 0.1) is 18.1 Å². The molecule has 1 saturated heterocycles. The summed E-state index contributed by atoms with van der Waals surface area (Å²) in [7, 11) is 1.56. The van der Waals surface area contributed by atoms with Crippen LogP contribution in [0, 0.1) is 5.92 Å². The van der Waals surface area contributed by atoms with Crippen LogP contribution in [-0.4, -0.2) is 35.4 Å². The molecule has 0 aromatic carbocycles. The van der Waals surface area contributed by atoms with Crippen LogP contribution < -0.4 is 0 Å². The second-order valence-electron chi connectivity index (χ2n) is 6.72. The predicted octanol–water partition coefficient (Wildman–Crippen LogP) is 2.49. The summed E-state index contributed by atoms with van der Waals surface area (Å²) in [6.07, 6.45) is 0.0392. The number of ether oxygens (including phenoxy) is 1. The summed E-state index contributed by atoms with van der Waals surface area (Å²) in [5.41, 5.74) is -0.499. The molecular formula is C13H22ClN3O3S. The molecule has 0 bridgehead atoms. The fourth-order valence-electron chi connectivity index (χ4n) is 3.00. The van der Waals surface area contributed by atoms with Crippen LogP contribution >= 0.6 is 10.7 Å². The molecule has 1 aliphatic heterocycles. The molecule has 0 amide bonds. The maximum atomic E-state index is 11.8. The van der Waals surface area contributed by atoms with Crippen molar-refractivity contribution in [3.05, 3.63) is 5.82 Å². The molecule has 6 nitrogen and oxygen atoms in total. The van der Waals surface area contributed by atoms with Crippen molar-refractivity contribution in [1.82, 2.24) is 14.8 Å². The van der Waals surface area contributed by atoms with Gasteiger partial charge >= 0.3 is 0 Å². The molecule has 4 unspecified atom stereocenters. The Labute approximate surface area is 130 Å². The van der Waals surface area contributed by atoms with Crippen LogP contribution in [0.4, 0.5) is 0 Å². The molecule has 2 rings (SSSR count). The first kappa shape index (κ1) is 16.7. The van der Waals surface area contributed by atoms with Gasteiger partial charge in [0.25, 0.3) is 14.2 Å². The Bertz CT molecular complexity index is 636. The van der Waals surface area contributed by atoms with Crippen molar-refractivity contribution >= 4 is 19.7 Å². The summed E-state index contributed by atoms with van der Waals surface area (Å²) in [6.45, 7) is 11.8. The van der Waals surface area contributed by atoms with E-state index in [1.54, 1.807) is 4.57 Å². The minimum absolute atomic E-state index is 0.0149. The molecule has 1 aliphatic rings. The van der Waals surface area contributed by atoms with Gasteiger partial charge < -0.3 is 4.74 Å². The van der Waals surface area contributed by atoms with Crippen LogP contribution in [0.1, 0.15) is 53.3 Å². The van der Waals surface area contributed by atoms with Gasteiger partial charge in [-0.1, -0.05) is 6.92 Å². The molecule has 0 spiro atoms. The third kappa shape index (κ3) is 2.96. The van der Waals surface area contributed by atoms with Crippen LogP contribution in [0.5, 0.6) is 0 Å². The van der Waals surface area contributed by atoms with Crippen molar-refractivity contribution in [2.75, 3.05) is 0 Å². The van der Waals surface area contributed by atoms with E-state index in [2.05, 4.69) is 17.1 Å². The zero-order chi connectivity index (χ0) is 16.2. The fraction of sp³-hybridized carbons (Fsp3) is 0.846. The molecule has 1 fully saturated rings. The van der Waals surface area contributed by atoms with Gasteiger partial charge in [-0.15, -0.1) is 10.2 Å². The van der Waals surface area contributed by atoms with Gasteiger partial charge in [-0.25, -0.2) is 8.42 Å². The van der Waals surface area contributed by atoms with Crippen molar-refractivity contribution < 1.29 is 13.2 Å². The van der Waals surface area contributed by atoms with E-state index in [1.165, 1.54) is 0 Å². The van der Waals surface area contributed by atoms with Crippen LogP contribution in [0.15, 0.2) is 5.16 Å². The summed E-state index contributed by atoms with van der Waals surface area (Å²) in [5.74, 6) is 0.821. The first-order chi connectivity index (χ1) is 9.44. The molecule has 1 aromatic rings. The number of nitrogens with zero attached hydrogens (tertiary/aromatic N) is 3. The van der Waals surface area contributed by atoms with E-state index in [1.807, 2.05) is 34.6 Å². The summed E-state index contributed by atoms with van der Waals surface area (Å²) in [4.78, 5) is 0. The molecule has 21 heavy (non-hydrogen) atoms. The molecule has 120 valence electrons. The Morgan fingerprint density at radius 3 is 2.10 bits per heavy atom. The second kappa shape index (κ2) is 5.21. The van der Waals surface area contributed by atoms with E-state index >= 15 is 0 Å². The largest absolute Gasteiger partial charge is 0.374 e. The first-order valence-electron chi connectivity index (χ1n) is 7.00. The van der Waals surface area contributed by atoms with Gasteiger partial charge in [-0.3, -0.25) is 4.57 Å². The van der Waals surface area contributed by atoms with Crippen LogP contribution in [0.25, 0.3) is 0 Å². The Hall–Kier alpha value is -0.660. The van der Waals surface area contributed by atoms with E-state index in [9.17, 15) is 8.42 Å². The predicted molar refractivity (Wildman–Crippen MR) is 80.0 cm³/mol. The number of hydrogen-bond donors (Lipinski definition) is 0. The molecule has 8 heteroatoms. The maximum absolute atomic E-state index is 11.8. The third-order valence-corrected chi connectivity index (χ3v) is 5.20. The maximum Gasteiger partial charge on any atom is 0.296 e. The summed E-state index contributed by atoms with van der Waals surface area (Å²) in [6, 6.07) is 0. The van der Waals surface area contributed by atoms with Crippen molar-refractivity contribution in [2.45, 2.75) is 70.4 Å². The Morgan fingerprint density at radius 2 is 1.71 bits per heavy atom. The van der Waals surface area contributed by atoms with Crippen molar-refractivity contribution in [3.63, 3.8) is 0 Å². The quantitative estimate of drug-likeness (QED) is 0.776. The Kier molecular flexibility index (Phi) is 4.14. The topological polar surface area (TPSA) is 74.1 Å². The third-order valence-electron chi connectivity index (χ3n) is 4.09. The normalized spacial score (nSPS) is 30.8. The molecule has 0 aliphatic carbocycles. The number of hydrogen-bond acceptors (Lipinski definition) is 5. The standard InChI is InChI=1S/C13H22ClN3O3S/c1-7-8(2)20-9(3)10(7)11-15-16-12(21(14,18)19)17(11)13(4,5)6/h7-10H,1-6H3. The fourth-order valence-corrected chi connectivity index (χ4v) is 4.02. The molecule has 0 N–H and O–H groups in total. The minimum atomic E-state index is -3.95. The summed E-state index contributed by atoms with van der Waals surface area (Å²) < 4.78 is 31.0. The summed E-state index contributed by atoms with van der Waals surface area (Å²) in [5, 5.41) is 7.76. The number of aromatic nitrogens is 3. The van der Waals surface area contributed by atoms with Gasteiger partial charge in [0.1, 0.15) is 5.82 Å². The van der Waals surface area contributed by atoms with Crippen molar-refractivity contribution in [3.8, 4) is 0 Å². The van der Waals surface area contributed by atoms with Gasteiger partial charge in [0.15, 0.2) is 0 Å². The Morgan fingerprint density at radius 1 is 1.14 bits per heavy atom. The average Bonchev–Trinajstić information content (AvgIpc) is 2.80. The van der Waals surface area contributed by atoms with Crippen LogP contribution in [0.2, 0.25) is 0 Å². The van der Waals surface area contributed by atoms with Crippen LogP contribution in [0.3, 0.4) is 0 Å². The smallest absolute Gasteiger partial charge is 0.296 e. The number of rotatable bonds is 2. The highest BCUT2D eigenvalue weighted by Gasteiger charge is 2.43. The molecule has 2 heterocycles. The lowest BCUT2D eigenvalue weighted by atomic mass is 9.88. The van der Waals surface area contributed by atoms with Crippen LogP contribution in [-0.2, 0) is 19.3 Å². The number of halogens is 1. The van der Waals surface area contributed by atoms with Crippen molar-refractivity contribution in [1.29, 1.82) is 0 Å². The molecule has 0 saturated carbocycles. The lowest BCUT2D eigenvalue weighted by molar-refractivity contribution is 0.0549. The zero-order valence-electron chi connectivity index (χ0n) is 13.2. The monoisotopic (exact) mass is 335 g/mol.